The van der Waals surface area contributed by atoms with Crippen LogP contribution in [0.1, 0.15) is 57.2 Å². The summed E-state index contributed by atoms with van der Waals surface area (Å²) in [5.74, 6) is -1.43. The molecule has 0 saturated heterocycles. The van der Waals surface area contributed by atoms with E-state index in [1.807, 2.05) is 0 Å². The van der Waals surface area contributed by atoms with Gasteiger partial charge in [-0.1, -0.05) is 41.9 Å². The average molecular weight is 532 g/mol. The van der Waals surface area contributed by atoms with Crippen molar-refractivity contribution in [2.45, 2.75) is 70.7 Å². The standard InChI is InChI=1S/C27H34ClN3O6/c1-16-9-7-13-19(28)22(16)30-24(34)23(18-12-5-6-14-21(18)33)31(17-10-8-11-17)25(35)20(15-32)29-26(36)37-27(2,3)4/h5-7,9,12-14,17,20,23,32-33H,8,10-11,15H2,1-4H3,(H,29,36)(H,30,34). The molecule has 2 aromatic rings. The number of phenolic OH excluding ortho intramolecular Hbond substituents is 1. The van der Waals surface area contributed by atoms with Gasteiger partial charge in [-0.25, -0.2) is 4.79 Å². The number of phenols is 1. The van der Waals surface area contributed by atoms with Crippen molar-refractivity contribution in [3.8, 4) is 5.75 Å². The number of amides is 3. The Morgan fingerprint density at radius 2 is 1.81 bits per heavy atom. The number of aliphatic hydroxyl groups is 1. The molecule has 3 amide bonds. The monoisotopic (exact) mass is 531 g/mol. The summed E-state index contributed by atoms with van der Waals surface area (Å²) in [6.45, 7) is 6.12. The van der Waals surface area contributed by atoms with Gasteiger partial charge in [-0.15, -0.1) is 0 Å². The number of rotatable bonds is 8. The van der Waals surface area contributed by atoms with Crippen LogP contribution in [-0.4, -0.2) is 57.3 Å². The highest BCUT2D eigenvalue weighted by Gasteiger charge is 2.43. The number of aryl methyl sites for hydroxylation is 1. The van der Waals surface area contributed by atoms with Gasteiger partial charge in [0, 0.05) is 11.6 Å². The highest BCUT2D eigenvalue weighted by Crippen LogP contribution is 2.38. The van der Waals surface area contributed by atoms with Crippen LogP contribution in [0.25, 0.3) is 0 Å². The normalized spacial score (nSPS) is 15.2. The van der Waals surface area contributed by atoms with E-state index in [9.17, 15) is 24.6 Å². The van der Waals surface area contributed by atoms with E-state index in [0.717, 1.165) is 12.0 Å². The third kappa shape index (κ3) is 6.93. The molecule has 0 aromatic heterocycles. The van der Waals surface area contributed by atoms with Gasteiger partial charge in [-0.2, -0.15) is 0 Å². The Hall–Kier alpha value is -3.30. The number of carbonyl (C=O) groups is 3. The number of halogens is 1. The lowest BCUT2D eigenvalue weighted by atomic mass is 9.88. The first kappa shape index (κ1) is 28.3. The van der Waals surface area contributed by atoms with E-state index >= 15 is 0 Å². The van der Waals surface area contributed by atoms with Gasteiger partial charge in [-0.3, -0.25) is 9.59 Å². The van der Waals surface area contributed by atoms with Crippen LogP contribution < -0.4 is 10.6 Å². The lowest BCUT2D eigenvalue weighted by molar-refractivity contribution is -0.146. The quantitative estimate of drug-likeness (QED) is 0.402. The Kier molecular flexibility index (Phi) is 9.04. The van der Waals surface area contributed by atoms with Crippen molar-refractivity contribution in [1.29, 1.82) is 0 Å². The number of para-hydroxylation sites is 2. The summed E-state index contributed by atoms with van der Waals surface area (Å²) in [6, 6.07) is 8.48. The molecular weight excluding hydrogens is 498 g/mol. The van der Waals surface area contributed by atoms with Crippen LogP contribution in [0.2, 0.25) is 5.02 Å². The molecule has 1 fully saturated rings. The van der Waals surface area contributed by atoms with Crippen LogP contribution >= 0.6 is 11.6 Å². The van der Waals surface area contributed by atoms with Crippen LogP contribution in [0.5, 0.6) is 5.75 Å². The summed E-state index contributed by atoms with van der Waals surface area (Å²) in [4.78, 5) is 41.4. The average Bonchev–Trinajstić information content (AvgIpc) is 2.78. The van der Waals surface area contributed by atoms with Crippen molar-refractivity contribution in [2.24, 2.45) is 0 Å². The molecule has 0 radical (unpaired) electrons. The van der Waals surface area contributed by atoms with Gasteiger partial charge in [0.1, 0.15) is 23.4 Å². The molecule has 1 aliphatic rings. The molecular formula is C27H34ClN3O6. The van der Waals surface area contributed by atoms with Crippen molar-refractivity contribution < 1.29 is 29.3 Å². The number of nitrogens with one attached hydrogen (secondary N) is 2. The third-order valence-electron chi connectivity index (χ3n) is 6.12. The zero-order valence-corrected chi connectivity index (χ0v) is 22.2. The summed E-state index contributed by atoms with van der Waals surface area (Å²) in [6.07, 6.45) is 1.22. The molecule has 0 bridgehead atoms. The zero-order chi connectivity index (χ0) is 27.3. The fourth-order valence-electron chi connectivity index (χ4n) is 4.12. The van der Waals surface area contributed by atoms with E-state index in [1.165, 1.54) is 11.0 Å². The first-order chi connectivity index (χ1) is 17.4. The van der Waals surface area contributed by atoms with Gasteiger partial charge in [0.05, 0.1) is 17.3 Å². The lowest BCUT2D eigenvalue weighted by Gasteiger charge is -2.43. The highest BCUT2D eigenvalue weighted by molar-refractivity contribution is 6.34. The fourth-order valence-corrected chi connectivity index (χ4v) is 4.39. The predicted octanol–water partition coefficient (Wildman–Crippen LogP) is 4.30. The van der Waals surface area contributed by atoms with Gasteiger partial charge < -0.3 is 30.5 Å². The van der Waals surface area contributed by atoms with E-state index in [4.69, 9.17) is 16.3 Å². The molecule has 37 heavy (non-hydrogen) atoms. The predicted molar refractivity (Wildman–Crippen MR) is 140 cm³/mol. The summed E-state index contributed by atoms with van der Waals surface area (Å²) in [5, 5.41) is 26.3. The van der Waals surface area contributed by atoms with Crippen molar-refractivity contribution >= 4 is 35.2 Å². The number of hydrogen-bond acceptors (Lipinski definition) is 6. The molecule has 0 heterocycles. The number of carbonyl (C=O) groups excluding carboxylic acids is 3. The fraction of sp³-hybridized carbons (Fsp3) is 0.444. The Labute approximate surface area is 221 Å². The first-order valence-electron chi connectivity index (χ1n) is 12.2. The Morgan fingerprint density at radius 3 is 2.35 bits per heavy atom. The van der Waals surface area contributed by atoms with Gasteiger partial charge in [0.25, 0.3) is 5.91 Å². The van der Waals surface area contributed by atoms with Crippen molar-refractivity contribution in [3.63, 3.8) is 0 Å². The molecule has 4 N–H and O–H groups in total. The second-order valence-corrected chi connectivity index (χ2v) is 10.5. The van der Waals surface area contributed by atoms with Gasteiger partial charge >= 0.3 is 6.09 Å². The Morgan fingerprint density at radius 1 is 1.14 bits per heavy atom. The largest absolute Gasteiger partial charge is 0.508 e. The van der Waals surface area contributed by atoms with Crippen molar-refractivity contribution in [2.75, 3.05) is 11.9 Å². The number of hydrogen-bond donors (Lipinski definition) is 4. The molecule has 0 spiro atoms. The number of nitrogens with zero attached hydrogens (tertiary/aromatic N) is 1. The summed E-state index contributed by atoms with van der Waals surface area (Å²) < 4.78 is 5.25. The summed E-state index contributed by atoms with van der Waals surface area (Å²) in [7, 11) is 0. The van der Waals surface area contributed by atoms with Crippen LogP contribution in [0.4, 0.5) is 10.5 Å². The number of aromatic hydroxyl groups is 1. The minimum Gasteiger partial charge on any atom is -0.508 e. The van der Waals surface area contributed by atoms with Crippen LogP contribution in [0.3, 0.4) is 0 Å². The maximum atomic E-state index is 13.8. The molecule has 1 aliphatic carbocycles. The molecule has 9 nitrogen and oxygen atoms in total. The summed E-state index contributed by atoms with van der Waals surface area (Å²) >= 11 is 6.34. The lowest BCUT2D eigenvalue weighted by Crippen LogP contribution is -2.58. The van der Waals surface area contributed by atoms with Gasteiger partial charge in [0.2, 0.25) is 5.91 Å². The summed E-state index contributed by atoms with van der Waals surface area (Å²) in [5.41, 5.74) is 0.504. The molecule has 1 saturated carbocycles. The first-order valence-corrected chi connectivity index (χ1v) is 12.6. The number of anilines is 1. The smallest absolute Gasteiger partial charge is 0.408 e. The number of aliphatic hydroxyl groups excluding tert-OH is 1. The second-order valence-electron chi connectivity index (χ2n) is 10.1. The van der Waals surface area contributed by atoms with E-state index in [0.29, 0.717) is 23.6 Å². The van der Waals surface area contributed by atoms with E-state index in [-0.39, 0.29) is 17.4 Å². The van der Waals surface area contributed by atoms with Gasteiger partial charge in [-0.05, 0) is 64.7 Å². The Bertz CT molecular complexity index is 1120. The molecule has 2 aromatic carbocycles. The maximum Gasteiger partial charge on any atom is 0.408 e. The molecule has 2 atom stereocenters. The maximum absolute atomic E-state index is 13.8. The van der Waals surface area contributed by atoms with E-state index < -0.39 is 42.2 Å². The number of benzene rings is 2. The van der Waals surface area contributed by atoms with Crippen LogP contribution in [-0.2, 0) is 14.3 Å². The molecule has 200 valence electrons. The molecule has 10 heteroatoms. The van der Waals surface area contributed by atoms with E-state index in [2.05, 4.69) is 10.6 Å². The second kappa shape index (κ2) is 11.8. The number of ether oxygens (including phenoxy) is 1. The van der Waals surface area contributed by atoms with Crippen LogP contribution in [0.15, 0.2) is 42.5 Å². The van der Waals surface area contributed by atoms with Crippen molar-refractivity contribution in [1.82, 2.24) is 10.2 Å². The topological polar surface area (TPSA) is 128 Å². The minimum atomic E-state index is -1.36. The molecule has 2 unspecified atom stereocenters. The Balaban J connectivity index is 2.02. The van der Waals surface area contributed by atoms with Crippen molar-refractivity contribution in [3.05, 3.63) is 58.6 Å². The number of alkyl carbamates (subject to hydrolysis) is 1. The SMILES string of the molecule is Cc1cccc(Cl)c1NC(=O)C(c1ccccc1O)N(C(=O)C(CO)NC(=O)OC(C)(C)C)C1CCC1. The molecule has 3 rings (SSSR count). The van der Waals surface area contributed by atoms with Gasteiger partial charge in [0.15, 0.2) is 0 Å². The third-order valence-corrected chi connectivity index (χ3v) is 6.44. The van der Waals surface area contributed by atoms with Crippen LogP contribution in [0, 0.1) is 6.92 Å². The highest BCUT2D eigenvalue weighted by atomic mass is 35.5. The zero-order valence-electron chi connectivity index (χ0n) is 21.5. The minimum absolute atomic E-state index is 0.170. The molecule has 0 aliphatic heterocycles. The van der Waals surface area contributed by atoms with E-state index in [1.54, 1.807) is 64.1 Å².